The summed E-state index contributed by atoms with van der Waals surface area (Å²) in [6, 6.07) is 13.3. The molecule has 7 heteroatoms. The smallest absolute Gasteiger partial charge is 0.229 e. The maximum Gasteiger partial charge on any atom is 0.229 e. The van der Waals surface area contributed by atoms with E-state index in [-0.39, 0.29) is 11.6 Å². The van der Waals surface area contributed by atoms with E-state index in [0.29, 0.717) is 11.5 Å². The molecule has 4 nitrogen and oxygen atoms in total. The van der Waals surface area contributed by atoms with E-state index in [1.165, 1.54) is 0 Å². The van der Waals surface area contributed by atoms with Crippen LogP contribution in [0.4, 0.5) is 30.6 Å². The summed E-state index contributed by atoms with van der Waals surface area (Å²) in [4.78, 5) is 10.8. The zero-order valence-electron chi connectivity index (χ0n) is 15.0. The van der Waals surface area contributed by atoms with Gasteiger partial charge in [-0.25, -0.2) is 18.2 Å². The fourth-order valence-electron chi connectivity index (χ4n) is 2.70. The number of anilines is 3. The Morgan fingerprint density at radius 2 is 1.59 bits per heavy atom. The Labute approximate surface area is 155 Å². The highest BCUT2D eigenvalue weighted by Crippen LogP contribution is 2.27. The van der Waals surface area contributed by atoms with Gasteiger partial charge in [-0.3, -0.25) is 0 Å². The largest absolute Gasteiger partial charge is 0.357 e. The number of rotatable bonds is 6. The summed E-state index contributed by atoms with van der Waals surface area (Å²) < 4.78 is 40.7. The number of halogens is 3. The van der Waals surface area contributed by atoms with Crippen molar-refractivity contribution in [2.45, 2.75) is 13.8 Å². The predicted molar refractivity (Wildman–Crippen MR) is 101 cm³/mol. The van der Waals surface area contributed by atoms with Crippen LogP contribution in [0.25, 0.3) is 11.3 Å². The molecule has 0 bridgehead atoms. The summed E-state index contributed by atoms with van der Waals surface area (Å²) in [5.41, 5.74) is 1.27. The van der Waals surface area contributed by atoms with Gasteiger partial charge in [-0.05, 0) is 26.0 Å². The minimum atomic E-state index is -1.54. The van der Waals surface area contributed by atoms with Crippen LogP contribution in [0.1, 0.15) is 13.8 Å². The molecular weight excluding hydrogens is 353 g/mol. The van der Waals surface area contributed by atoms with E-state index in [1.54, 1.807) is 0 Å². The van der Waals surface area contributed by atoms with Crippen LogP contribution < -0.4 is 10.2 Å². The van der Waals surface area contributed by atoms with Gasteiger partial charge in [0.15, 0.2) is 17.5 Å². The molecule has 1 N–H and O–H groups in total. The number of hydrogen-bond donors (Lipinski definition) is 1. The monoisotopic (exact) mass is 372 g/mol. The Balaban J connectivity index is 2.06. The molecule has 0 radical (unpaired) electrons. The molecule has 0 saturated heterocycles. The van der Waals surface area contributed by atoms with Crippen molar-refractivity contribution in [3.63, 3.8) is 0 Å². The molecule has 0 fully saturated rings. The molecule has 1 aromatic heterocycles. The first-order valence-electron chi connectivity index (χ1n) is 8.63. The maximum absolute atomic E-state index is 14.0. The summed E-state index contributed by atoms with van der Waals surface area (Å²) in [6.07, 6.45) is 0. The molecule has 3 aromatic rings. The minimum absolute atomic E-state index is 0.100. The van der Waals surface area contributed by atoms with Gasteiger partial charge < -0.3 is 10.2 Å². The molecule has 27 heavy (non-hydrogen) atoms. The Kier molecular flexibility index (Phi) is 5.59. The van der Waals surface area contributed by atoms with E-state index < -0.39 is 17.5 Å². The molecule has 3 rings (SSSR count). The Morgan fingerprint density at radius 3 is 2.26 bits per heavy atom. The lowest BCUT2D eigenvalue weighted by molar-refractivity contribution is 0.449. The lowest BCUT2D eigenvalue weighted by Gasteiger charge is -2.21. The van der Waals surface area contributed by atoms with Gasteiger partial charge in [0.2, 0.25) is 5.95 Å². The highest BCUT2D eigenvalue weighted by molar-refractivity contribution is 5.66. The van der Waals surface area contributed by atoms with Crippen LogP contribution >= 0.6 is 0 Å². The fourth-order valence-corrected chi connectivity index (χ4v) is 2.70. The molecule has 0 aliphatic carbocycles. The van der Waals surface area contributed by atoms with Crippen molar-refractivity contribution in [1.82, 2.24) is 9.97 Å². The van der Waals surface area contributed by atoms with Gasteiger partial charge in [0, 0.05) is 24.7 Å². The van der Waals surface area contributed by atoms with Crippen LogP contribution in [0.15, 0.2) is 48.5 Å². The Bertz CT molecular complexity index is 928. The molecule has 1 heterocycles. The van der Waals surface area contributed by atoms with Gasteiger partial charge in [-0.1, -0.05) is 30.3 Å². The molecule has 0 aliphatic heterocycles. The lowest BCUT2D eigenvalue weighted by atomic mass is 10.1. The summed E-state index contributed by atoms with van der Waals surface area (Å²) in [5.74, 6) is -3.35. The Hall–Kier alpha value is -3.09. The maximum atomic E-state index is 14.0. The lowest BCUT2D eigenvalue weighted by Crippen LogP contribution is -2.23. The van der Waals surface area contributed by atoms with E-state index in [9.17, 15) is 13.2 Å². The van der Waals surface area contributed by atoms with Gasteiger partial charge in [-0.15, -0.1) is 0 Å². The van der Waals surface area contributed by atoms with Crippen molar-refractivity contribution in [1.29, 1.82) is 0 Å². The van der Waals surface area contributed by atoms with Crippen LogP contribution in [0.3, 0.4) is 0 Å². The molecule has 0 amide bonds. The Morgan fingerprint density at radius 1 is 0.889 bits per heavy atom. The molecule has 0 spiro atoms. The second-order valence-corrected chi connectivity index (χ2v) is 5.82. The standard InChI is InChI=1S/C20H19F3N4/c1-3-27(4-2)17-12-16(13-8-6-5-7-9-13)25-20(26-17)24-15-11-10-14(21)18(22)19(15)23/h5-12H,3-4H2,1-2H3,(H,24,25,26). The highest BCUT2D eigenvalue weighted by Gasteiger charge is 2.16. The first-order chi connectivity index (χ1) is 13.0. The van der Waals surface area contributed by atoms with Crippen molar-refractivity contribution in [3.8, 4) is 11.3 Å². The van der Waals surface area contributed by atoms with Crippen molar-refractivity contribution < 1.29 is 13.2 Å². The van der Waals surface area contributed by atoms with E-state index >= 15 is 0 Å². The van der Waals surface area contributed by atoms with Crippen LogP contribution in [-0.4, -0.2) is 23.1 Å². The predicted octanol–water partition coefficient (Wildman–Crippen LogP) is 5.15. The highest BCUT2D eigenvalue weighted by atomic mass is 19.2. The molecular formula is C20H19F3N4. The van der Waals surface area contributed by atoms with E-state index in [4.69, 9.17) is 0 Å². The van der Waals surface area contributed by atoms with Crippen LogP contribution in [-0.2, 0) is 0 Å². The number of hydrogen-bond acceptors (Lipinski definition) is 4. The third-order valence-corrected chi connectivity index (χ3v) is 4.15. The van der Waals surface area contributed by atoms with Gasteiger partial charge in [-0.2, -0.15) is 4.98 Å². The SMILES string of the molecule is CCN(CC)c1cc(-c2ccccc2)nc(Nc2ccc(F)c(F)c2F)n1. The van der Waals surface area contributed by atoms with Gasteiger partial charge >= 0.3 is 0 Å². The summed E-state index contributed by atoms with van der Waals surface area (Å²) in [5, 5.41) is 2.66. The first kappa shape index (κ1) is 18.7. The second-order valence-electron chi connectivity index (χ2n) is 5.82. The number of aromatic nitrogens is 2. The van der Waals surface area contributed by atoms with Gasteiger partial charge in [0.25, 0.3) is 0 Å². The summed E-state index contributed by atoms with van der Waals surface area (Å²) in [7, 11) is 0. The quantitative estimate of drug-likeness (QED) is 0.608. The van der Waals surface area contributed by atoms with E-state index in [2.05, 4.69) is 15.3 Å². The molecule has 2 aromatic carbocycles. The van der Waals surface area contributed by atoms with Crippen LogP contribution in [0, 0.1) is 17.5 Å². The van der Waals surface area contributed by atoms with E-state index in [1.807, 2.05) is 55.1 Å². The van der Waals surface area contributed by atoms with Crippen LogP contribution in [0.2, 0.25) is 0 Å². The minimum Gasteiger partial charge on any atom is -0.357 e. The van der Waals surface area contributed by atoms with Crippen molar-refractivity contribution in [2.24, 2.45) is 0 Å². The molecule has 0 aliphatic rings. The van der Waals surface area contributed by atoms with Gasteiger partial charge in [0.05, 0.1) is 11.4 Å². The normalized spacial score (nSPS) is 10.7. The first-order valence-corrected chi connectivity index (χ1v) is 8.63. The third-order valence-electron chi connectivity index (χ3n) is 4.15. The fraction of sp³-hybridized carbons (Fsp3) is 0.200. The van der Waals surface area contributed by atoms with Crippen LogP contribution in [0.5, 0.6) is 0 Å². The molecule has 140 valence electrons. The number of nitrogens with zero attached hydrogens (tertiary/aromatic N) is 3. The summed E-state index contributed by atoms with van der Waals surface area (Å²) >= 11 is 0. The third kappa shape index (κ3) is 4.02. The molecule has 0 saturated carbocycles. The van der Waals surface area contributed by atoms with Crippen molar-refractivity contribution >= 4 is 17.5 Å². The number of benzene rings is 2. The average molecular weight is 372 g/mol. The summed E-state index contributed by atoms with van der Waals surface area (Å²) in [6.45, 7) is 5.44. The average Bonchev–Trinajstić information content (AvgIpc) is 2.70. The van der Waals surface area contributed by atoms with Gasteiger partial charge in [0.1, 0.15) is 5.82 Å². The topological polar surface area (TPSA) is 41.1 Å². The molecule has 0 unspecified atom stereocenters. The molecule has 0 atom stereocenters. The van der Waals surface area contributed by atoms with Crippen molar-refractivity contribution in [2.75, 3.05) is 23.3 Å². The van der Waals surface area contributed by atoms with E-state index in [0.717, 1.165) is 30.8 Å². The zero-order valence-corrected chi connectivity index (χ0v) is 15.0. The number of nitrogens with one attached hydrogen (secondary N) is 1. The zero-order chi connectivity index (χ0) is 19.4. The van der Waals surface area contributed by atoms with Crippen molar-refractivity contribution in [3.05, 3.63) is 66.0 Å². The second kappa shape index (κ2) is 8.07.